The number of rotatable bonds is 3. The minimum absolute atomic E-state index is 0.162. The van der Waals surface area contributed by atoms with Gasteiger partial charge in [0.05, 0.1) is 5.75 Å². The van der Waals surface area contributed by atoms with Crippen LogP contribution in [0.4, 0.5) is 0 Å². The van der Waals surface area contributed by atoms with Crippen LogP contribution in [0.5, 0.6) is 0 Å². The summed E-state index contributed by atoms with van der Waals surface area (Å²) in [5.41, 5.74) is 0.357. The average molecular weight is 239 g/mol. The van der Waals surface area contributed by atoms with Crippen LogP contribution in [0, 0.1) is 17.3 Å². The van der Waals surface area contributed by atoms with E-state index < -0.39 is 9.05 Å². The SMILES string of the molecule is CC(C)(C)CC1CC(CS(=O)(=O)Cl)C1. The lowest BCUT2D eigenvalue weighted by atomic mass is 9.69. The molecule has 0 bridgehead atoms. The first kappa shape index (κ1) is 12.3. The smallest absolute Gasteiger partial charge is 0.212 e. The molecule has 1 saturated carbocycles. The fourth-order valence-electron chi connectivity index (χ4n) is 2.32. The molecule has 4 heteroatoms. The van der Waals surface area contributed by atoms with E-state index in [1.165, 1.54) is 6.42 Å². The minimum atomic E-state index is -3.28. The summed E-state index contributed by atoms with van der Waals surface area (Å²) in [6, 6.07) is 0. The predicted molar refractivity (Wildman–Crippen MR) is 59.9 cm³/mol. The van der Waals surface area contributed by atoms with Crippen molar-refractivity contribution in [1.82, 2.24) is 0 Å². The molecule has 84 valence electrons. The molecule has 1 rings (SSSR count). The summed E-state index contributed by atoms with van der Waals surface area (Å²) in [5, 5.41) is 0. The Kier molecular flexibility index (Phi) is 3.53. The molecular formula is C10H19ClO2S. The molecule has 0 aromatic carbocycles. The van der Waals surface area contributed by atoms with Crippen LogP contribution in [0.1, 0.15) is 40.0 Å². The third-order valence-corrected chi connectivity index (χ3v) is 3.92. The molecule has 1 aliphatic rings. The van der Waals surface area contributed by atoms with E-state index in [-0.39, 0.29) is 5.75 Å². The lowest BCUT2D eigenvalue weighted by Crippen LogP contribution is -2.31. The molecule has 0 aliphatic heterocycles. The Morgan fingerprint density at radius 2 is 1.71 bits per heavy atom. The van der Waals surface area contributed by atoms with Crippen molar-refractivity contribution >= 4 is 19.7 Å². The first-order chi connectivity index (χ1) is 6.16. The van der Waals surface area contributed by atoms with E-state index in [9.17, 15) is 8.42 Å². The zero-order valence-electron chi connectivity index (χ0n) is 9.09. The Balaban J connectivity index is 2.25. The highest BCUT2D eigenvalue weighted by Crippen LogP contribution is 2.41. The predicted octanol–water partition coefficient (Wildman–Crippen LogP) is 3.02. The fraction of sp³-hybridized carbons (Fsp3) is 1.00. The van der Waals surface area contributed by atoms with E-state index in [1.807, 2.05) is 0 Å². The second-order valence-corrected chi connectivity index (χ2v) is 8.50. The molecule has 0 heterocycles. The molecule has 0 N–H and O–H groups in total. The quantitative estimate of drug-likeness (QED) is 0.709. The average Bonchev–Trinajstić information content (AvgIpc) is 1.75. The topological polar surface area (TPSA) is 34.1 Å². The van der Waals surface area contributed by atoms with Gasteiger partial charge in [-0.15, -0.1) is 0 Å². The molecule has 0 atom stereocenters. The minimum Gasteiger partial charge on any atom is -0.212 e. The van der Waals surface area contributed by atoms with Gasteiger partial charge in [-0.25, -0.2) is 8.42 Å². The van der Waals surface area contributed by atoms with E-state index in [0.29, 0.717) is 17.3 Å². The fourth-order valence-corrected chi connectivity index (χ4v) is 3.69. The van der Waals surface area contributed by atoms with Gasteiger partial charge in [0.2, 0.25) is 9.05 Å². The van der Waals surface area contributed by atoms with Crippen molar-refractivity contribution in [2.75, 3.05) is 5.75 Å². The molecule has 14 heavy (non-hydrogen) atoms. The molecule has 1 fully saturated rings. The Bertz CT molecular complexity index is 284. The highest BCUT2D eigenvalue weighted by molar-refractivity contribution is 8.13. The molecule has 0 radical (unpaired) electrons. The molecule has 0 aromatic heterocycles. The van der Waals surface area contributed by atoms with Gasteiger partial charge in [-0.1, -0.05) is 20.8 Å². The second-order valence-electron chi connectivity index (χ2n) is 5.67. The maximum Gasteiger partial charge on any atom is 0.232 e. The highest BCUT2D eigenvalue weighted by Gasteiger charge is 2.34. The van der Waals surface area contributed by atoms with Gasteiger partial charge in [-0.2, -0.15) is 0 Å². The lowest BCUT2D eigenvalue weighted by Gasteiger charge is -2.38. The van der Waals surface area contributed by atoms with Crippen LogP contribution in [0.2, 0.25) is 0 Å². The van der Waals surface area contributed by atoms with Gasteiger partial charge < -0.3 is 0 Å². The third kappa shape index (κ3) is 4.65. The number of hydrogen-bond acceptors (Lipinski definition) is 2. The molecular weight excluding hydrogens is 220 g/mol. The molecule has 0 amide bonds. The van der Waals surface area contributed by atoms with Gasteiger partial charge in [0.15, 0.2) is 0 Å². The normalized spacial score (nSPS) is 28.6. The van der Waals surface area contributed by atoms with Crippen LogP contribution in [0.15, 0.2) is 0 Å². The van der Waals surface area contributed by atoms with E-state index in [1.54, 1.807) is 0 Å². The number of hydrogen-bond donors (Lipinski definition) is 0. The Hall–Kier alpha value is 0.240. The van der Waals surface area contributed by atoms with E-state index in [2.05, 4.69) is 20.8 Å². The van der Waals surface area contributed by atoms with E-state index in [0.717, 1.165) is 12.8 Å². The van der Waals surface area contributed by atoms with Crippen molar-refractivity contribution in [2.45, 2.75) is 40.0 Å². The Morgan fingerprint density at radius 1 is 1.21 bits per heavy atom. The van der Waals surface area contributed by atoms with Gasteiger partial charge in [-0.3, -0.25) is 0 Å². The standard InChI is InChI=1S/C10H19ClO2S/c1-10(2,3)6-8-4-9(5-8)7-14(11,12)13/h8-9H,4-7H2,1-3H3. The van der Waals surface area contributed by atoms with Crippen LogP contribution in [-0.2, 0) is 9.05 Å². The molecule has 0 spiro atoms. The summed E-state index contributed by atoms with van der Waals surface area (Å²) in [4.78, 5) is 0. The van der Waals surface area contributed by atoms with Gasteiger partial charge >= 0.3 is 0 Å². The van der Waals surface area contributed by atoms with Crippen molar-refractivity contribution < 1.29 is 8.42 Å². The van der Waals surface area contributed by atoms with Crippen LogP contribution < -0.4 is 0 Å². The van der Waals surface area contributed by atoms with Crippen molar-refractivity contribution in [3.8, 4) is 0 Å². The summed E-state index contributed by atoms with van der Waals surface area (Å²) < 4.78 is 21.6. The van der Waals surface area contributed by atoms with Crippen molar-refractivity contribution in [3.05, 3.63) is 0 Å². The molecule has 2 nitrogen and oxygen atoms in total. The van der Waals surface area contributed by atoms with Crippen LogP contribution in [0.3, 0.4) is 0 Å². The van der Waals surface area contributed by atoms with E-state index in [4.69, 9.17) is 10.7 Å². The summed E-state index contributed by atoms with van der Waals surface area (Å²) in [6.07, 6.45) is 3.25. The molecule has 0 saturated heterocycles. The van der Waals surface area contributed by atoms with Crippen molar-refractivity contribution in [3.63, 3.8) is 0 Å². The van der Waals surface area contributed by atoms with E-state index >= 15 is 0 Å². The van der Waals surface area contributed by atoms with Gasteiger partial charge in [0.25, 0.3) is 0 Å². The second kappa shape index (κ2) is 4.01. The van der Waals surface area contributed by atoms with Crippen LogP contribution in [-0.4, -0.2) is 14.2 Å². The van der Waals surface area contributed by atoms with Crippen molar-refractivity contribution in [1.29, 1.82) is 0 Å². The van der Waals surface area contributed by atoms with Gasteiger partial charge in [0, 0.05) is 10.7 Å². The number of halogens is 1. The Labute approximate surface area is 91.5 Å². The summed E-state index contributed by atoms with van der Waals surface area (Å²) in [7, 11) is 1.91. The molecule has 1 aliphatic carbocycles. The van der Waals surface area contributed by atoms with Crippen molar-refractivity contribution in [2.24, 2.45) is 17.3 Å². The summed E-state index contributed by atoms with van der Waals surface area (Å²) >= 11 is 0. The zero-order valence-corrected chi connectivity index (χ0v) is 10.7. The summed E-state index contributed by atoms with van der Waals surface area (Å²) in [5.74, 6) is 1.18. The summed E-state index contributed by atoms with van der Waals surface area (Å²) in [6.45, 7) is 6.66. The van der Waals surface area contributed by atoms with Gasteiger partial charge in [-0.05, 0) is 36.5 Å². The highest BCUT2D eigenvalue weighted by atomic mass is 35.7. The molecule has 0 unspecified atom stereocenters. The monoisotopic (exact) mass is 238 g/mol. The first-order valence-corrected chi connectivity index (χ1v) is 7.56. The third-order valence-electron chi connectivity index (χ3n) is 2.67. The van der Waals surface area contributed by atoms with Crippen LogP contribution in [0.25, 0.3) is 0 Å². The van der Waals surface area contributed by atoms with Crippen LogP contribution >= 0.6 is 10.7 Å². The van der Waals surface area contributed by atoms with Gasteiger partial charge in [0.1, 0.15) is 0 Å². The molecule has 0 aromatic rings. The zero-order chi connectivity index (χ0) is 11.0. The maximum atomic E-state index is 10.8. The largest absolute Gasteiger partial charge is 0.232 e. The first-order valence-electron chi connectivity index (χ1n) is 5.08. The maximum absolute atomic E-state index is 10.8. The lowest BCUT2D eigenvalue weighted by molar-refractivity contribution is 0.149. The Morgan fingerprint density at radius 3 is 2.07 bits per heavy atom.